The van der Waals surface area contributed by atoms with Crippen LogP contribution in [0.3, 0.4) is 0 Å². The van der Waals surface area contributed by atoms with Crippen LogP contribution >= 0.6 is 0 Å². The van der Waals surface area contributed by atoms with Crippen LogP contribution in [0.25, 0.3) is 0 Å². The lowest BCUT2D eigenvalue weighted by Crippen LogP contribution is -2.53. The Morgan fingerprint density at radius 1 is 1.00 bits per heavy atom. The summed E-state index contributed by atoms with van der Waals surface area (Å²) in [5, 5.41) is 11.5. The lowest BCUT2D eigenvalue weighted by Gasteiger charge is -2.33. The van der Waals surface area contributed by atoms with Gasteiger partial charge in [-0.3, -0.25) is 14.4 Å². The minimum absolute atomic E-state index is 0.241. The maximum absolute atomic E-state index is 12.3. The molecule has 1 aromatic carbocycles. The van der Waals surface area contributed by atoms with Crippen LogP contribution < -0.4 is 5.32 Å². The summed E-state index contributed by atoms with van der Waals surface area (Å²) in [5.41, 5.74) is 0.572. The molecular weight excluding hydrogens is 336 g/mol. The van der Waals surface area contributed by atoms with Crippen molar-refractivity contribution < 1.29 is 18.8 Å². The van der Waals surface area contributed by atoms with Crippen LogP contribution in [-0.4, -0.2) is 53.7 Å². The molecule has 8 nitrogen and oxygen atoms in total. The van der Waals surface area contributed by atoms with E-state index >= 15 is 0 Å². The number of para-hydroxylation sites is 1. The number of hydrogen-bond donors (Lipinski definition) is 1. The van der Waals surface area contributed by atoms with Crippen LogP contribution in [0.5, 0.6) is 0 Å². The van der Waals surface area contributed by atoms with Crippen molar-refractivity contribution in [2.45, 2.75) is 0 Å². The lowest BCUT2D eigenvalue weighted by molar-refractivity contribution is -0.144. The maximum Gasteiger partial charge on any atom is 0.313 e. The highest BCUT2D eigenvalue weighted by molar-refractivity contribution is 6.39. The Morgan fingerprint density at radius 2 is 1.69 bits per heavy atom. The molecule has 3 amide bonds. The molecule has 2 aromatic rings. The van der Waals surface area contributed by atoms with Crippen molar-refractivity contribution in [2.75, 3.05) is 31.5 Å². The molecule has 8 heteroatoms. The third-order valence-corrected chi connectivity index (χ3v) is 4.08. The fourth-order valence-corrected chi connectivity index (χ4v) is 2.68. The van der Waals surface area contributed by atoms with Gasteiger partial charge in [0.25, 0.3) is 5.91 Å². The Labute approximate surface area is 149 Å². The van der Waals surface area contributed by atoms with E-state index in [0.717, 1.165) is 0 Å². The van der Waals surface area contributed by atoms with Gasteiger partial charge in [-0.1, -0.05) is 12.1 Å². The van der Waals surface area contributed by atoms with E-state index in [9.17, 15) is 14.4 Å². The Hall–Kier alpha value is -3.60. The number of nitrogens with zero attached hydrogens (tertiary/aromatic N) is 3. The number of anilines is 1. The van der Waals surface area contributed by atoms with Gasteiger partial charge in [-0.25, -0.2) is 0 Å². The van der Waals surface area contributed by atoms with Crippen LogP contribution in [-0.2, 0) is 9.59 Å². The monoisotopic (exact) mass is 352 g/mol. The largest absolute Gasteiger partial charge is 0.459 e. The van der Waals surface area contributed by atoms with Crippen LogP contribution in [0.2, 0.25) is 0 Å². The fraction of sp³-hybridized carbons (Fsp3) is 0.222. The normalized spacial score (nSPS) is 13.8. The summed E-state index contributed by atoms with van der Waals surface area (Å²) >= 11 is 0. The number of furan rings is 1. The number of nitrogens with one attached hydrogen (secondary N) is 1. The molecule has 1 aliphatic rings. The van der Waals surface area contributed by atoms with E-state index in [0.29, 0.717) is 18.8 Å². The summed E-state index contributed by atoms with van der Waals surface area (Å²) in [6.45, 7) is 1.12. The first-order chi connectivity index (χ1) is 12.6. The van der Waals surface area contributed by atoms with E-state index in [4.69, 9.17) is 9.68 Å². The molecule has 0 saturated carbocycles. The summed E-state index contributed by atoms with van der Waals surface area (Å²) in [7, 11) is 0. The standard InChI is InChI=1S/C18H16N4O4/c19-12-13-4-1-2-5-14(13)20-16(23)18(25)22-9-7-21(8-10-22)17(24)15-6-3-11-26-15/h1-6,11H,7-10H2,(H,20,23). The maximum atomic E-state index is 12.3. The summed E-state index contributed by atoms with van der Waals surface area (Å²) in [6, 6.07) is 11.6. The van der Waals surface area contributed by atoms with Crippen LogP contribution in [0.15, 0.2) is 47.1 Å². The molecule has 1 aliphatic heterocycles. The van der Waals surface area contributed by atoms with Gasteiger partial charge in [0.15, 0.2) is 5.76 Å². The fourth-order valence-electron chi connectivity index (χ4n) is 2.68. The zero-order valence-corrected chi connectivity index (χ0v) is 13.8. The molecule has 0 aliphatic carbocycles. The number of benzene rings is 1. The molecule has 132 valence electrons. The van der Waals surface area contributed by atoms with Crippen LogP contribution in [0.4, 0.5) is 5.69 Å². The molecule has 1 aromatic heterocycles. The van der Waals surface area contributed by atoms with Crippen LogP contribution in [0, 0.1) is 11.3 Å². The second-order valence-electron chi connectivity index (χ2n) is 5.67. The van der Waals surface area contributed by atoms with Crippen LogP contribution in [0.1, 0.15) is 16.1 Å². The summed E-state index contributed by atoms with van der Waals surface area (Å²) < 4.78 is 5.09. The van der Waals surface area contributed by atoms with Crippen molar-refractivity contribution in [1.82, 2.24) is 9.80 Å². The van der Waals surface area contributed by atoms with Gasteiger partial charge >= 0.3 is 11.8 Å². The van der Waals surface area contributed by atoms with Gasteiger partial charge in [0.2, 0.25) is 0 Å². The third kappa shape index (κ3) is 3.57. The van der Waals surface area contributed by atoms with Gasteiger partial charge in [-0.2, -0.15) is 5.26 Å². The van der Waals surface area contributed by atoms with E-state index in [1.807, 2.05) is 6.07 Å². The number of piperazine rings is 1. The van der Waals surface area contributed by atoms with Crippen molar-refractivity contribution in [3.63, 3.8) is 0 Å². The molecule has 26 heavy (non-hydrogen) atoms. The Morgan fingerprint density at radius 3 is 2.35 bits per heavy atom. The zero-order valence-electron chi connectivity index (χ0n) is 13.8. The molecule has 0 atom stereocenters. The summed E-state index contributed by atoms with van der Waals surface area (Å²) in [6.07, 6.45) is 1.43. The zero-order chi connectivity index (χ0) is 18.5. The third-order valence-electron chi connectivity index (χ3n) is 4.08. The second kappa shape index (κ2) is 7.53. The second-order valence-corrected chi connectivity index (χ2v) is 5.67. The highest BCUT2D eigenvalue weighted by atomic mass is 16.3. The molecule has 0 spiro atoms. The first-order valence-electron chi connectivity index (χ1n) is 8.02. The van der Waals surface area contributed by atoms with Gasteiger partial charge in [0, 0.05) is 26.2 Å². The van der Waals surface area contributed by atoms with Gasteiger partial charge in [0.1, 0.15) is 6.07 Å². The van der Waals surface area contributed by atoms with E-state index in [-0.39, 0.29) is 30.3 Å². The number of carbonyl (C=O) groups excluding carboxylic acids is 3. The highest BCUT2D eigenvalue weighted by Crippen LogP contribution is 2.14. The van der Waals surface area contributed by atoms with Crippen molar-refractivity contribution in [3.8, 4) is 6.07 Å². The number of amides is 3. The van der Waals surface area contributed by atoms with Gasteiger partial charge < -0.3 is 19.5 Å². The molecule has 1 fully saturated rings. The van der Waals surface area contributed by atoms with Crippen molar-refractivity contribution >= 4 is 23.4 Å². The average Bonchev–Trinajstić information content (AvgIpc) is 3.22. The molecular formula is C18H16N4O4. The lowest BCUT2D eigenvalue weighted by atomic mass is 10.2. The SMILES string of the molecule is N#Cc1ccccc1NC(=O)C(=O)N1CCN(C(=O)c2ccco2)CC1. The van der Waals surface area contributed by atoms with Gasteiger partial charge in [-0.05, 0) is 24.3 Å². The smallest absolute Gasteiger partial charge is 0.313 e. The Kier molecular flexibility index (Phi) is 4.99. The predicted molar refractivity (Wildman–Crippen MR) is 91.0 cm³/mol. The van der Waals surface area contributed by atoms with E-state index in [1.54, 1.807) is 41.3 Å². The quantitative estimate of drug-likeness (QED) is 0.814. The molecule has 0 radical (unpaired) electrons. The number of rotatable bonds is 2. The highest BCUT2D eigenvalue weighted by Gasteiger charge is 2.29. The van der Waals surface area contributed by atoms with E-state index < -0.39 is 11.8 Å². The molecule has 1 saturated heterocycles. The minimum Gasteiger partial charge on any atom is -0.459 e. The Bertz CT molecular complexity index is 862. The first kappa shape index (κ1) is 17.2. The summed E-state index contributed by atoms with van der Waals surface area (Å²) in [4.78, 5) is 39.7. The van der Waals surface area contributed by atoms with Gasteiger partial charge in [-0.15, -0.1) is 0 Å². The number of carbonyl (C=O) groups is 3. The van der Waals surface area contributed by atoms with Crippen molar-refractivity contribution in [3.05, 3.63) is 54.0 Å². The number of hydrogen-bond acceptors (Lipinski definition) is 5. The van der Waals surface area contributed by atoms with E-state index in [2.05, 4.69) is 5.32 Å². The Balaban J connectivity index is 1.57. The molecule has 0 unspecified atom stereocenters. The van der Waals surface area contributed by atoms with Gasteiger partial charge in [0.05, 0.1) is 17.5 Å². The minimum atomic E-state index is -0.807. The molecule has 2 heterocycles. The molecule has 3 rings (SSSR count). The average molecular weight is 352 g/mol. The van der Waals surface area contributed by atoms with Crippen molar-refractivity contribution in [1.29, 1.82) is 5.26 Å². The van der Waals surface area contributed by atoms with E-state index in [1.165, 1.54) is 11.2 Å². The molecule has 1 N–H and O–H groups in total. The first-order valence-corrected chi connectivity index (χ1v) is 8.02. The molecule has 0 bridgehead atoms. The topological polar surface area (TPSA) is 107 Å². The summed E-state index contributed by atoms with van der Waals surface area (Å²) in [5.74, 6) is -1.49. The number of nitriles is 1. The predicted octanol–water partition coefficient (Wildman–Crippen LogP) is 1.07. The van der Waals surface area contributed by atoms with Crippen molar-refractivity contribution in [2.24, 2.45) is 0 Å².